The molecular weight excluding hydrogens is 432 g/mol. The summed E-state index contributed by atoms with van der Waals surface area (Å²) in [6.07, 6.45) is 8.82. The molecule has 0 bridgehead atoms. The Bertz CT molecular complexity index is 895. The number of sulfonamides is 1. The van der Waals surface area contributed by atoms with Crippen LogP contribution in [-0.2, 0) is 10.0 Å². The van der Waals surface area contributed by atoms with Crippen molar-refractivity contribution in [3.8, 4) is 5.75 Å². The fraction of sp³-hybridized carbons (Fsp3) is 0.500. The topological polar surface area (TPSA) is 49.9 Å². The molecule has 0 saturated carbocycles. The molecule has 1 saturated heterocycles. The Morgan fingerprint density at radius 2 is 1.55 bits per heavy atom. The van der Waals surface area contributed by atoms with E-state index in [4.69, 9.17) is 16.3 Å². The second-order valence-corrected chi connectivity index (χ2v) is 10.5. The molecule has 170 valence electrons. The van der Waals surface area contributed by atoms with Gasteiger partial charge in [-0.3, -0.25) is 4.31 Å². The second kappa shape index (κ2) is 11.7. The molecule has 0 amide bonds. The molecule has 0 aromatic heterocycles. The van der Waals surface area contributed by atoms with Crippen LogP contribution in [0.3, 0.4) is 0 Å². The summed E-state index contributed by atoms with van der Waals surface area (Å²) >= 11 is 5.86. The third-order valence-corrected chi connectivity index (χ3v) is 7.81. The zero-order chi connectivity index (χ0) is 22.1. The zero-order valence-electron chi connectivity index (χ0n) is 18.3. The van der Waals surface area contributed by atoms with E-state index in [2.05, 4.69) is 4.90 Å². The first-order chi connectivity index (χ1) is 15.0. The summed E-state index contributed by atoms with van der Waals surface area (Å²) in [5.74, 6) is 0.759. The lowest BCUT2D eigenvalue weighted by molar-refractivity contribution is 0.223. The summed E-state index contributed by atoms with van der Waals surface area (Å²) in [5, 5.41) is 0.505. The molecular formula is C24H33ClN2O3S. The Hall–Kier alpha value is -1.76. The molecule has 1 fully saturated rings. The first-order valence-corrected chi connectivity index (χ1v) is 13.0. The number of hydrogen-bond donors (Lipinski definition) is 0. The number of halogens is 1. The first kappa shape index (κ1) is 23.9. The van der Waals surface area contributed by atoms with Gasteiger partial charge < -0.3 is 9.64 Å². The number of benzene rings is 2. The number of unbranched alkanes of at least 4 members (excludes halogenated alkanes) is 3. The Kier molecular flexibility index (Phi) is 9.05. The van der Waals surface area contributed by atoms with Crippen LogP contribution in [0.5, 0.6) is 5.75 Å². The highest BCUT2D eigenvalue weighted by Crippen LogP contribution is 2.25. The lowest BCUT2D eigenvalue weighted by Gasteiger charge is -2.26. The van der Waals surface area contributed by atoms with E-state index in [9.17, 15) is 8.42 Å². The minimum Gasteiger partial charge on any atom is -0.494 e. The molecule has 0 aliphatic carbocycles. The molecule has 7 heteroatoms. The van der Waals surface area contributed by atoms with E-state index < -0.39 is 10.0 Å². The van der Waals surface area contributed by atoms with Gasteiger partial charge in [-0.2, -0.15) is 0 Å². The van der Waals surface area contributed by atoms with Crippen molar-refractivity contribution in [2.75, 3.05) is 37.6 Å². The van der Waals surface area contributed by atoms with Crippen LogP contribution in [0.1, 0.15) is 44.9 Å². The van der Waals surface area contributed by atoms with Crippen LogP contribution < -0.4 is 9.04 Å². The average Bonchev–Trinajstić information content (AvgIpc) is 2.79. The van der Waals surface area contributed by atoms with Crippen molar-refractivity contribution in [1.82, 2.24) is 4.90 Å². The number of nitrogens with zero attached hydrogens (tertiary/aromatic N) is 2. The largest absolute Gasteiger partial charge is 0.494 e. The number of likely N-dealkylation sites (tertiary alicyclic amines) is 1. The number of anilines is 1. The highest BCUT2D eigenvalue weighted by atomic mass is 35.5. The minimum absolute atomic E-state index is 0.208. The Balaban J connectivity index is 1.39. The molecule has 2 aromatic carbocycles. The second-order valence-electron chi connectivity index (χ2n) is 8.09. The molecule has 1 heterocycles. The monoisotopic (exact) mass is 464 g/mol. The number of piperidine rings is 1. The van der Waals surface area contributed by atoms with Gasteiger partial charge in [0, 0.05) is 12.1 Å². The average molecular weight is 465 g/mol. The van der Waals surface area contributed by atoms with Gasteiger partial charge >= 0.3 is 0 Å². The highest BCUT2D eigenvalue weighted by Gasteiger charge is 2.21. The third-order valence-electron chi connectivity index (χ3n) is 5.76. The van der Waals surface area contributed by atoms with Gasteiger partial charge in [0.05, 0.1) is 17.2 Å². The molecule has 1 aliphatic rings. The molecule has 2 aromatic rings. The van der Waals surface area contributed by atoms with Gasteiger partial charge in [-0.1, -0.05) is 30.9 Å². The molecule has 0 spiro atoms. The van der Waals surface area contributed by atoms with Crippen molar-refractivity contribution < 1.29 is 13.2 Å². The molecule has 0 unspecified atom stereocenters. The summed E-state index contributed by atoms with van der Waals surface area (Å²) in [5.41, 5.74) is 0.583. The predicted octanol–water partition coefficient (Wildman–Crippen LogP) is 5.59. The van der Waals surface area contributed by atoms with Gasteiger partial charge in [0.15, 0.2) is 0 Å². The molecule has 3 rings (SSSR count). The standard InChI is InChI=1S/C24H33ClN2O3S/c1-26(31(28,29)24-15-9-21(25)10-16-24)22-11-13-23(14-12-22)30-20-8-3-2-5-17-27-18-6-4-7-19-27/h9-16H,2-8,17-20H2,1H3. The fourth-order valence-electron chi connectivity index (χ4n) is 3.82. The summed E-state index contributed by atoms with van der Waals surface area (Å²) in [7, 11) is -2.08. The van der Waals surface area contributed by atoms with Crippen LogP contribution in [0, 0.1) is 0 Å². The lowest BCUT2D eigenvalue weighted by atomic mass is 10.1. The maximum absolute atomic E-state index is 12.8. The highest BCUT2D eigenvalue weighted by molar-refractivity contribution is 7.92. The van der Waals surface area contributed by atoms with Crippen molar-refractivity contribution in [3.63, 3.8) is 0 Å². The van der Waals surface area contributed by atoms with E-state index in [0.717, 1.165) is 12.2 Å². The Labute approximate surface area is 192 Å². The van der Waals surface area contributed by atoms with Gasteiger partial charge in [0.1, 0.15) is 5.75 Å². The number of rotatable bonds is 11. The smallest absolute Gasteiger partial charge is 0.264 e. The van der Waals surface area contributed by atoms with E-state index >= 15 is 0 Å². The van der Waals surface area contributed by atoms with Gasteiger partial charge in [-0.05, 0) is 93.8 Å². The predicted molar refractivity (Wildman–Crippen MR) is 128 cm³/mol. The third kappa shape index (κ3) is 7.13. The Morgan fingerprint density at radius 1 is 0.903 bits per heavy atom. The quantitative estimate of drug-likeness (QED) is 0.407. The number of hydrogen-bond acceptors (Lipinski definition) is 4. The van der Waals surface area contributed by atoms with Crippen LogP contribution in [0.25, 0.3) is 0 Å². The van der Waals surface area contributed by atoms with Gasteiger partial charge in [-0.25, -0.2) is 8.42 Å². The molecule has 31 heavy (non-hydrogen) atoms. The van der Waals surface area contributed by atoms with Crippen LogP contribution in [0.15, 0.2) is 53.4 Å². The van der Waals surface area contributed by atoms with Crippen molar-refractivity contribution in [3.05, 3.63) is 53.6 Å². The SMILES string of the molecule is CN(c1ccc(OCCCCCCN2CCCCC2)cc1)S(=O)(=O)c1ccc(Cl)cc1. The van der Waals surface area contributed by atoms with E-state index in [1.807, 2.05) is 12.1 Å². The van der Waals surface area contributed by atoms with Crippen LogP contribution in [-0.4, -0.2) is 46.6 Å². The van der Waals surface area contributed by atoms with E-state index in [-0.39, 0.29) is 4.90 Å². The molecule has 5 nitrogen and oxygen atoms in total. The van der Waals surface area contributed by atoms with Crippen molar-refractivity contribution in [2.45, 2.75) is 49.8 Å². The molecule has 0 N–H and O–H groups in total. The maximum Gasteiger partial charge on any atom is 0.264 e. The van der Waals surface area contributed by atoms with Crippen LogP contribution in [0.4, 0.5) is 5.69 Å². The minimum atomic E-state index is -3.63. The summed E-state index contributed by atoms with van der Waals surface area (Å²) < 4.78 is 32.6. The van der Waals surface area contributed by atoms with Crippen molar-refractivity contribution in [1.29, 1.82) is 0 Å². The van der Waals surface area contributed by atoms with Gasteiger partial charge in [0.2, 0.25) is 0 Å². The van der Waals surface area contributed by atoms with Crippen LogP contribution in [0.2, 0.25) is 5.02 Å². The maximum atomic E-state index is 12.8. The van der Waals surface area contributed by atoms with E-state index in [0.29, 0.717) is 17.3 Å². The molecule has 0 atom stereocenters. The van der Waals surface area contributed by atoms with Crippen molar-refractivity contribution >= 4 is 27.3 Å². The van der Waals surface area contributed by atoms with E-state index in [1.165, 1.54) is 74.6 Å². The zero-order valence-corrected chi connectivity index (χ0v) is 19.9. The summed E-state index contributed by atoms with van der Waals surface area (Å²) in [4.78, 5) is 2.80. The Morgan fingerprint density at radius 3 is 2.23 bits per heavy atom. The molecule has 0 radical (unpaired) electrons. The van der Waals surface area contributed by atoms with Crippen LogP contribution >= 0.6 is 11.6 Å². The number of ether oxygens (including phenoxy) is 1. The summed E-state index contributed by atoms with van der Waals surface area (Å²) in [6, 6.07) is 13.3. The van der Waals surface area contributed by atoms with Crippen molar-refractivity contribution in [2.24, 2.45) is 0 Å². The fourth-order valence-corrected chi connectivity index (χ4v) is 5.14. The normalized spacial score (nSPS) is 15.0. The van der Waals surface area contributed by atoms with E-state index in [1.54, 1.807) is 31.3 Å². The van der Waals surface area contributed by atoms with Gasteiger partial charge in [-0.15, -0.1) is 0 Å². The summed E-state index contributed by atoms with van der Waals surface area (Å²) in [6.45, 7) is 4.46. The first-order valence-electron chi connectivity index (χ1n) is 11.2. The molecule has 1 aliphatic heterocycles. The van der Waals surface area contributed by atoms with Gasteiger partial charge in [0.25, 0.3) is 10.0 Å². The lowest BCUT2D eigenvalue weighted by Crippen LogP contribution is -2.30.